The van der Waals surface area contributed by atoms with Crippen molar-refractivity contribution in [2.75, 3.05) is 0 Å². The Hall–Kier alpha value is -0.0400. The van der Waals surface area contributed by atoms with E-state index in [2.05, 4.69) is 6.92 Å². The minimum absolute atomic E-state index is 0.0613. The standard InChI is InChI=1S/C8H14O.C2H6/c1-5-2-7-3-6(5)4-8(7)9;1-2/h5-9H,2-4H2,1H3;1-2H3. The van der Waals surface area contributed by atoms with E-state index in [1.807, 2.05) is 13.8 Å². The molecule has 4 atom stereocenters. The van der Waals surface area contributed by atoms with Gasteiger partial charge in [0, 0.05) is 0 Å². The molecule has 0 aromatic rings. The van der Waals surface area contributed by atoms with Gasteiger partial charge in [-0.1, -0.05) is 20.8 Å². The maximum absolute atomic E-state index is 9.34. The molecule has 0 radical (unpaired) electrons. The molecule has 2 rings (SSSR count). The zero-order valence-corrected chi connectivity index (χ0v) is 7.88. The normalized spacial score (nSPS) is 46.9. The maximum atomic E-state index is 9.34. The first kappa shape index (κ1) is 9.05. The fourth-order valence-corrected chi connectivity index (χ4v) is 2.53. The zero-order chi connectivity index (χ0) is 8.43. The van der Waals surface area contributed by atoms with Crippen LogP contribution in [-0.2, 0) is 0 Å². The van der Waals surface area contributed by atoms with E-state index in [1.165, 1.54) is 12.8 Å². The van der Waals surface area contributed by atoms with Crippen LogP contribution in [0, 0.1) is 17.8 Å². The molecule has 4 unspecified atom stereocenters. The SMILES string of the molecule is CC.CC1CC2CC1CC2O. The fraction of sp³-hybridized carbons (Fsp3) is 1.00. The van der Waals surface area contributed by atoms with Gasteiger partial charge in [0.2, 0.25) is 0 Å². The summed E-state index contributed by atoms with van der Waals surface area (Å²) < 4.78 is 0. The number of hydrogen-bond acceptors (Lipinski definition) is 1. The first-order chi connectivity index (χ1) is 5.27. The molecule has 0 aromatic heterocycles. The molecule has 0 aliphatic heterocycles. The largest absolute Gasteiger partial charge is 0.393 e. The van der Waals surface area contributed by atoms with Crippen LogP contribution in [0.15, 0.2) is 0 Å². The van der Waals surface area contributed by atoms with E-state index in [0.29, 0.717) is 5.92 Å². The Kier molecular flexibility index (Phi) is 2.94. The van der Waals surface area contributed by atoms with Crippen molar-refractivity contribution in [1.29, 1.82) is 0 Å². The highest BCUT2D eigenvalue weighted by Gasteiger charge is 2.42. The van der Waals surface area contributed by atoms with Crippen molar-refractivity contribution >= 4 is 0 Å². The summed E-state index contributed by atoms with van der Waals surface area (Å²) in [6.07, 6.45) is 3.74. The van der Waals surface area contributed by atoms with Crippen LogP contribution >= 0.6 is 0 Å². The molecule has 1 heteroatoms. The summed E-state index contributed by atoms with van der Waals surface area (Å²) in [5, 5.41) is 9.34. The molecule has 0 spiro atoms. The lowest BCUT2D eigenvalue weighted by molar-refractivity contribution is 0.0985. The Morgan fingerprint density at radius 3 is 1.91 bits per heavy atom. The Morgan fingerprint density at radius 1 is 1.00 bits per heavy atom. The molecule has 11 heavy (non-hydrogen) atoms. The second kappa shape index (κ2) is 3.57. The summed E-state index contributed by atoms with van der Waals surface area (Å²) in [4.78, 5) is 0. The molecule has 1 N–H and O–H groups in total. The molecule has 1 nitrogen and oxygen atoms in total. The third-order valence-corrected chi connectivity index (χ3v) is 3.17. The average molecular weight is 156 g/mol. The van der Waals surface area contributed by atoms with Gasteiger partial charge in [0.15, 0.2) is 0 Å². The molecule has 0 aromatic carbocycles. The molecule has 2 fully saturated rings. The first-order valence-corrected chi connectivity index (χ1v) is 4.95. The van der Waals surface area contributed by atoms with E-state index in [-0.39, 0.29) is 6.10 Å². The minimum Gasteiger partial charge on any atom is -0.393 e. The molecule has 2 aliphatic carbocycles. The fourth-order valence-electron chi connectivity index (χ4n) is 2.53. The van der Waals surface area contributed by atoms with E-state index in [9.17, 15) is 5.11 Å². The van der Waals surface area contributed by atoms with Gasteiger partial charge >= 0.3 is 0 Å². The van der Waals surface area contributed by atoms with Gasteiger partial charge in [-0.2, -0.15) is 0 Å². The Bertz CT molecular complexity index is 104. The lowest BCUT2D eigenvalue weighted by atomic mass is 9.89. The minimum atomic E-state index is 0.0613. The predicted octanol–water partition coefficient (Wildman–Crippen LogP) is 2.44. The quantitative estimate of drug-likeness (QED) is 0.571. The van der Waals surface area contributed by atoms with Crippen molar-refractivity contribution in [2.24, 2.45) is 17.8 Å². The Morgan fingerprint density at radius 2 is 1.64 bits per heavy atom. The van der Waals surface area contributed by atoms with Crippen LogP contribution in [-0.4, -0.2) is 11.2 Å². The van der Waals surface area contributed by atoms with Crippen LogP contribution in [0.25, 0.3) is 0 Å². The van der Waals surface area contributed by atoms with Crippen molar-refractivity contribution in [1.82, 2.24) is 0 Å². The number of aliphatic hydroxyl groups is 1. The molecule has 2 bridgehead atoms. The number of fused-ring (bicyclic) bond motifs is 2. The summed E-state index contributed by atoms with van der Waals surface area (Å²) in [5.74, 6) is 2.44. The third kappa shape index (κ3) is 1.58. The maximum Gasteiger partial charge on any atom is 0.0571 e. The Labute approximate surface area is 69.8 Å². The molecular formula is C10H20O. The molecule has 2 aliphatic rings. The topological polar surface area (TPSA) is 20.2 Å². The molecule has 66 valence electrons. The van der Waals surface area contributed by atoms with Gasteiger partial charge in [-0.3, -0.25) is 0 Å². The van der Waals surface area contributed by atoms with E-state index >= 15 is 0 Å². The monoisotopic (exact) mass is 156 g/mol. The Balaban J connectivity index is 0.000000281. The zero-order valence-electron chi connectivity index (χ0n) is 7.88. The van der Waals surface area contributed by atoms with Gasteiger partial charge < -0.3 is 5.11 Å². The van der Waals surface area contributed by atoms with Crippen LogP contribution in [0.5, 0.6) is 0 Å². The second-order valence-corrected chi connectivity index (χ2v) is 3.77. The van der Waals surface area contributed by atoms with Crippen LogP contribution in [0.4, 0.5) is 0 Å². The van der Waals surface area contributed by atoms with Crippen molar-refractivity contribution in [3.63, 3.8) is 0 Å². The van der Waals surface area contributed by atoms with Crippen LogP contribution in [0.2, 0.25) is 0 Å². The molecule has 0 saturated heterocycles. The molecule has 0 heterocycles. The average Bonchev–Trinajstić information content (AvgIpc) is 2.51. The highest BCUT2D eigenvalue weighted by molar-refractivity contribution is 4.93. The predicted molar refractivity (Wildman–Crippen MR) is 47.3 cm³/mol. The summed E-state index contributed by atoms with van der Waals surface area (Å²) >= 11 is 0. The van der Waals surface area contributed by atoms with Crippen molar-refractivity contribution < 1.29 is 5.11 Å². The van der Waals surface area contributed by atoms with Gasteiger partial charge in [0.1, 0.15) is 0 Å². The van der Waals surface area contributed by atoms with Crippen molar-refractivity contribution in [2.45, 2.75) is 46.1 Å². The summed E-state index contributed by atoms with van der Waals surface area (Å²) in [6, 6.07) is 0. The smallest absolute Gasteiger partial charge is 0.0571 e. The van der Waals surface area contributed by atoms with Crippen molar-refractivity contribution in [3.8, 4) is 0 Å². The summed E-state index contributed by atoms with van der Waals surface area (Å²) in [6.45, 7) is 6.32. The highest BCUT2D eigenvalue weighted by atomic mass is 16.3. The van der Waals surface area contributed by atoms with E-state index < -0.39 is 0 Å². The lowest BCUT2D eigenvalue weighted by Gasteiger charge is -2.20. The number of aliphatic hydroxyl groups excluding tert-OH is 1. The highest BCUT2D eigenvalue weighted by Crippen LogP contribution is 2.47. The number of hydrogen-bond donors (Lipinski definition) is 1. The van der Waals surface area contributed by atoms with Gasteiger partial charge in [-0.15, -0.1) is 0 Å². The van der Waals surface area contributed by atoms with Gasteiger partial charge in [-0.05, 0) is 37.0 Å². The van der Waals surface area contributed by atoms with E-state index in [0.717, 1.165) is 18.3 Å². The summed E-state index contributed by atoms with van der Waals surface area (Å²) in [7, 11) is 0. The molecule has 0 amide bonds. The van der Waals surface area contributed by atoms with Crippen molar-refractivity contribution in [3.05, 3.63) is 0 Å². The number of rotatable bonds is 0. The lowest BCUT2D eigenvalue weighted by Crippen LogP contribution is -2.19. The van der Waals surface area contributed by atoms with E-state index in [1.54, 1.807) is 0 Å². The molecular weight excluding hydrogens is 136 g/mol. The van der Waals surface area contributed by atoms with Crippen LogP contribution in [0.3, 0.4) is 0 Å². The second-order valence-electron chi connectivity index (χ2n) is 3.77. The summed E-state index contributed by atoms with van der Waals surface area (Å²) in [5.41, 5.74) is 0. The first-order valence-electron chi connectivity index (χ1n) is 4.95. The van der Waals surface area contributed by atoms with Crippen LogP contribution < -0.4 is 0 Å². The third-order valence-electron chi connectivity index (χ3n) is 3.17. The molecule has 2 saturated carbocycles. The van der Waals surface area contributed by atoms with Gasteiger partial charge in [-0.25, -0.2) is 0 Å². The van der Waals surface area contributed by atoms with E-state index in [4.69, 9.17) is 0 Å². The van der Waals surface area contributed by atoms with Gasteiger partial charge in [0.25, 0.3) is 0 Å². The van der Waals surface area contributed by atoms with Gasteiger partial charge in [0.05, 0.1) is 6.10 Å². The van der Waals surface area contributed by atoms with Crippen LogP contribution in [0.1, 0.15) is 40.0 Å².